The van der Waals surface area contributed by atoms with E-state index in [4.69, 9.17) is 9.05 Å². The Labute approximate surface area is 144 Å². The van der Waals surface area contributed by atoms with Crippen molar-refractivity contribution in [3.8, 4) is 0 Å². The molecule has 0 spiro atoms. The topological polar surface area (TPSA) is 106 Å². The van der Waals surface area contributed by atoms with Crippen LogP contribution in [0.3, 0.4) is 0 Å². The Morgan fingerprint density at radius 1 is 1.20 bits per heavy atom. The number of amides is 2. The third kappa shape index (κ3) is 4.66. The molecule has 2 N–H and O–H groups in total. The molecule has 25 heavy (non-hydrogen) atoms. The fourth-order valence-corrected chi connectivity index (χ4v) is 2.28. The van der Waals surface area contributed by atoms with Crippen LogP contribution in [0.4, 0.5) is 4.79 Å². The Hall–Kier alpha value is -3.16. The van der Waals surface area contributed by atoms with E-state index < -0.39 is 6.04 Å². The number of rotatable bonds is 6. The minimum absolute atomic E-state index is 0.277. The number of benzene rings is 1. The third-order valence-electron chi connectivity index (χ3n) is 3.51. The van der Waals surface area contributed by atoms with Gasteiger partial charge in [-0.05, 0) is 19.4 Å². The van der Waals surface area contributed by atoms with Crippen LogP contribution in [-0.4, -0.2) is 21.3 Å². The number of aromatic nitrogens is 3. The van der Waals surface area contributed by atoms with Crippen molar-refractivity contribution in [3.63, 3.8) is 0 Å². The third-order valence-corrected chi connectivity index (χ3v) is 3.51. The Bertz CT molecular complexity index is 828. The van der Waals surface area contributed by atoms with Gasteiger partial charge in [-0.15, -0.1) is 0 Å². The van der Waals surface area contributed by atoms with Crippen LogP contribution in [-0.2, 0) is 13.0 Å². The first-order chi connectivity index (χ1) is 12.1. The Morgan fingerprint density at radius 3 is 2.72 bits per heavy atom. The number of aryl methyl sites for hydroxylation is 1. The molecule has 0 saturated carbocycles. The lowest BCUT2D eigenvalue weighted by molar-refractivity contribution is 0.233. The smallest absolute Gasteiger partial charge is 0.315 e. The normalized spacial score (nSPS) is 11.9. The molecule has 0 aliphatic heterocycles. The molecule has 1 atom stereocenters. The zero-order valence-corrected chi connectivity index (χ0v) is 14.0. The highest BCUT2D eigenvalue weighted by molar-refractivity contribution is 5.74. The highest BCUT2D eigenvalue weighted by Crippen LogP contribution is 2.12. The monoisotopic (exact) mass is 341 g/mol. The Balaban J connectivity index is 1.50. The fourth-order valence-electron chi connectivity index (χ4n) is 2.28. The van der Waals surface area contributed by atoms with Gasteiger partial charge in [0.25, 0.3) is 0 Å². The van der Waals surface area contributed by atoms with Crippen LogP contribution in [0.25, 0.3) is 0 Å². The summed E-state index contributed by atoms with van der Waals surface area (Å²) < 4.78 is 10.2. The van der Waals surface area contributed by atoms with Crippen molar-refractivity contribution in [1.29, 1.82) is 0 Å². The molecule has 0 saturated heterocycles. The van der Waals surface area contributed by atoms with Gasteiger partial charge in [-0.2, -0.15) is 4.98 Å². The zero-order valence-electron chi connectivity index (χ0n) is 14.0. The van der Waals surface area contributed by atoms with Crippen molar-refractivity contribution in [2.24, 2.45) is 0 Å². The van der Waals surface area contributed by atoms with Gasteiger partial charge in [0, 0.05) is 12.5 Å². The maximum Gasteiger partial charge on any atom is 0.315 e. The fraction of sp³-hybridized carbons (Fsp3) is 0.294. The minimum atomic E-state index is -0.406. The van der Waals surface area contributed by atoms with Gasteiger partial charge in [0.05, 0.1) is 6.54 Å². The lowest BCUT2D eigenvalue weighted by atomic mass is 10.1. The first-order valence-electron chi connectivity index (χ1n) is 7.93. The molecule has 0 unspecified atom stereocenters. The largest absolute Gasteiger partial charge is 0.361 e. The predicted octanol–water partition coefficient (Wildman–Crippen LogP) is 2.52. The summed E-state index contributed by atoms with van der Waals surface area (Å²) in [6.07, 6.45) is 0.578. The van der Waals surface area contributed by atoms with E-state index in [2.05, 4.69) is 25.9 Å². The van der Waals surface area contributed by atoms with Gasteiger partial charge in [-0.3, -0.25) is 0 Å². The van der Waals surface area contributed by atoms with Crippen LogP contribution < -0.4 is 10.6 Å². The second-order valence-corrected chi connectivity index (χ2v) is 5.69. The van der Waals surface area contributed by atoms with Gasteiger partial charge in [-0.1, -0.05) is 40.6 Å². The van der Waals surface area contributed by atoms with E-state index in [0.717, 1.165) is 5.56 Å². The van der Waals surface area contributed by atoms with E-state index in [1.54, 1.807) is 19.9 Å². The molecule has 1 aromatic carbocycles. The highest BCUT2D eigenvalue weighted by Gasteiger charge is 2.17. The number of nitrogens with one attached hydrogen (secondary N) is 2. The molecule has 130 valence electrons. The molecule has 0 fully saturated rings. The van der Waals surface area contributed by atoms with Gasteiger partial charge in [0.15, 0.2) is 5.82 Å². The molecule has 2 aromatic heterocycles. The van der Waals surface area contributed by atoms with Crippen molar-refractivity contribution in [3.05, 3.63) is 65.1 Å². The molecule has 2 amide bonds. The lowest BCUT2D eigenvalue weighted by Crippen LogP contribution is -2.36. The molecule has 3 rings (SSSR count). The molecule has 0 radical (unpaired) electrons. The maximum atomic E-state index is 11.9. The van der Waals surface area contributed by atoms with E-state index in [1.165, 1.54) is 0 Å². The number of urea groups is 1. The maximum absolute atomic E-state index is 11.9. The zero-order chi connectivity index (χ0) is 17.6. The van der Waals surface area contributed by atoms with Gasteiger partial charge >= 0.3 is 6.03 Å². The molecular weight excluding hydrogens is 322 g/mol. The van der Waals surface area contributed by atoms with Crippen molar-refractivity contribution < 1.29 is 13.8 Å². The summed E-state index contributed by atoms with van der Waals surface area (Å²) in [5, 5.41) is 13.2. The first kappa shape index (κ1) is 16.7. The molecular formula is C17H19N5O3. The summed E-state index contributed by atoms with van der Waals surface area (Å²) in [5.41, 5.74) is 1.75. The molecule has 0 aliphatic rings. The summed E-state index contributed by atoms with van der Waals surface area (Å²) >= 11 is 0. The Kier molecular flexibility index (Phi) is 5.08. The minimum Gasteiger partial charge on any atom is -0.361 e. The van der Waals surface area contributed by atoms with E-state index >= 15 is 0 Å². The molecule has 8 heteroatoms. The second-order valence-electron chi connectivity index (χ2n) is 5.69. The van der Waals surface area contributed by atoms with Crippen LogP contribution in [0.1, 0.15) is 41.7 Å². The van der Waals surface area contributed by atoms with Crippen molar-refractivity contribution in [2.45, 2.75) is 32.9 Å². The standard InChI is InChI=1S/C17H19N5O3/c1-11-8-14(21-24-11)10-18-17(23)19-12(2)16-20-15(22-25-16)9-13-6-4-3-5-7-13/h3-8,12H,9-10H2,1-2H3,(H2,18,19,23)/t12-/m1/s1. The quantitative estimate of drug-likeness (QED) is 0.713. The molecule has 3 aromatic rings. The van der Waals surface area contributed by atoms with E-state index in [-0.39, 0.29) is 12.6 Å². The SMILES string of the molecule is Cc1cc(CNC(=O)N[C@H](C)c2nc(Cc3ccccc3)no2)no1. The predicted molar refractivity (Wildman–Crippen MR) is 88.6 cm³/mol. The average molecular weight is 341 g/mol. The van der Waals surface area contributed by atoms with Crippen LogP contribution in [0, 0.1) is 6.92 Å². The number of carbonyl (C=O) groups excluding carboxylic acids is 1. The van der Waals surface area contributed by atoms with Crippen LogP contribution in [0.15, 0.2) is 45.4 Å². The number of carbonyl (C=O) groups is 1. The number of hydrogen-bond donors (Lipinski definition) is 2. The van der Waals surface area contributed by atoms with E-state index in [9.17, 15) is 4.79 Å². The molecule has 2 heterocycles. The summed E-state index contributed by atoms with van der Waals surface area (Å²) in [6, 6.07) is 10.9. The van der Waals surface area contributed by atoms with Gasteiger partial charge < -0.3 is 19.7 Å². The van der Waals surface area contributed by atoms with Crippen molar-refractivity contribution >= 4 is 6.03 Å². The van der Waals surface area contributed by atoms with Crippen LogP contribution in [0.2, 0.25) is 0 Å². The summed E-state index contributed by atoms with van der Waals surface area (Å²) in [4.78, 5) is 16.3. The van der Waals surface area contributed by atoms with Crippen molar-refractivity contribution in [1.82, 2.24) is 25.9 Å². The lowest BCUT2D eigenvalue weighted by Gasteiger charge is -2.10. The first-order valence-corrected chi connectivity index (χ1v) is 7.93. The molecule has 0 aliphatic carbocycles. The second kappa shape index (κ2) is 7.61. The van der Waals surface area contributed by atoms with Crippen LogP contribution in [0.5, 0.6) is 0 Å². The van der Waals surface area contributed by atoms with Gasteiger partial charge in [0.2, 0.25) is 5.89 Å². The summed E-state index contributed by atoms with van der Waals surface area (Å²) in [6.45, 7) is 3.85. The highest BCUT2D eigenvalue weighted by atomic mass is 16.5. The summed E-state index contributed by atoms with van der Waals surface area (Å²) in [7, 11) is 0. The average Bonchev–Trinajstić information content (AvgIpc) is 3.23. The Morgan fingerprint density at radius 2 is 2.00 bits per heavy atom. The number of nitrogens with zero attached hydrogens (tertiary/aromatic N) is 3. The van der Waals surface area contributed by atoms with E-state index in [1.807, 2.05) is 30.3 Å². The van der Waals surface area contributed by atoms with Gasteiger partial charge in [0.1, 0.15) is 17.5 Å². The van der Waals surface area contributed by atoms with Gasteiger partial charge in [-0.25, -0.2) is 4.79 Å². The molecule has 0 bridgehead atoms. The van der Waals surface area contributed by atoms with Crippen LogP contribution >= 0.6 is 0 Å². The van der Waals surface area contributed by atoms with E-state index in [0.29, 0.717) is 29.6 Å². The molecule has 8 nitrogen and oxygen atoms in total. The summed E-state index contributed by atoms with van der Waals surface area (Å²) in [5.74, 6) is 1.63. The number of hydrogen-bond acceptors (Lipinski definition) is 6. The van der Waals surface area contributed by atoms with Crippen molar-refractivity contribution in [2.75, 3.05) is 0 Å².